The zero-order valence-electron chi connectivity index (χ0n) is 19.0. The van der Waals surface area contributed by atoms with Crippen molar-refractivity contribution < 1.29 is 14.7 Å². The van der Waals surface area contributed by atoms with Crippen molar-refractivity contribution >= 4 is 17.5 Å². The molecule has 1 rings (SSSR count). The monoisotopic (exact) mass is 418 g/mol. The van der Waals surface area contributed by atoms with Crippen molar-refractivity contribution in [3.63, 3.8) is 0 Å². The minimum Gasteiger partial charge on any atom is -0.381 e. The highest BCUT2D eigenvalue weighted by atomic mass is 16.3. The number of unbranched alkanes of at least 4 members (excludes halogenated alkanes) is 11. The SMILES string of the molecule is CCCCCCCCCCCCCCC(=O)N[C@@H](C)[C@@H](O)C(=O)Nc1ccccc1. The highest BCUT2D eigenvalue weighted by molar-refractivity contribution is 5.94. The fourth-order valence-corrected chi connectivity index (χ4v) is 3.50. The molecule has 5 nitrogen and oxygen atoms in total. The minimum atomic E-state index is -1.28. The maximum atomic E-state index is 12.1. The van der Waals surface area contributed by atoms with Crippen LogP contribution in [-0.4, -0.2) is 29.1 Å². The van der Waals surface area contributed by atoms with Gasteiger partial charge >= 0.3 is 0 Å². The summed E-state index contributed by atoms with van der Waals surface area (Å²) >= 11 is 0. The quantitative estimate of drug-likeness (QED) is 0.289. The van der Waals surface area contributed by atoms with E-state index in [2.05, 4.69) is 17.6 Å². The van der Waals surface area contributed by atoms with Crippen molar-refractivity contribution in [3.8, 4) is 0 Å². The van der Waals surface area contributed by atoms with Crippen LogP contribution in [0.4, 0.5) is 5.69 Å². The molecule has 0 spiro atoms. The molecule has 1 aromatic carbocycles. The Labute approximate surface area is 183 Å². The van der Waals surface area contributed by atoms with E-state index in [1.54, 1.807) is 19.1 Å². The minimum absolute atomic E-state index is 0.110. The van der Waals surface area contributed by atoms with Crippen molar-refractivity contribution in [2.24, 2.45) is 0 Å². The average molecular weight is 419 g/mol. The van der Waals surface area contributed by atoms with Crippen LogP contribution >= 0.6 is 0 Å². The van der Waals surface area contributed by atoms with Gasteiger partial charge in [-0.1, -0.05) is 95.8 Å². The van der Waals surface area contributed by atoms with Crippen LogP contribution in [0.25, 0.3) is 0 Å². The molecule has 2 atom stereocenters. The molecule has 1 aromatic rings. The normalized spacial score (nSPS) is 12.9. The molecule has 2 amide bonds. The van der Waals surface area contributed by atoms with E-state index in [0.717, 1.165) is 12.8 Å². The van der Waals surface area contributed by atoms with Gasteiger partial charge in [0.05, 0.1) is 6.04 Å². The lowest BCUT2D eigenvalue weighted by molar-refractivity contribution is -0.127. The van der Waals surface area contributed by atoms with Gasteiger partial charge in [-0.05, 0) is 25.5 Å². The molecule has 0 saturated heterocycles. The number of aliphatic hydroxyl groups excluding tert-OH is 1. The second-order valence-electron chi connectivity index (χ2n) is 8.30. The van der Waals surface area contributed by atoms with Gasteiger partial charge in [0.2, 0.25) is 5.91 Å². The molecule has 3 N–H and O–H groups in total. The van der Waals surface area contributed by atoms with Gasteiger partial charge in [-0.3, -0.25) is 9.59 Å². The average Bonchev–Trinajstić information content (AvgIpc) is 2.74. The lowest BCUT2D eigenvalue weighted by Gasteiger charge is -2.19. The number of rotatable bonds is 17. The number of hydrogen-bond donors (Lipinski definition) is 3. The second-order valence-corrected chi connectivity index (χ2v) is 8.30. The molecule has 0 aliphatic carbocycles. The van der Waals surface area contributed by atoms with E-state index in [-0.39, 0.29) is 5.91 Å². The Bertz CT molecular complexity index is 577. The predicted molar refractivity (Wildman–Crippen MR) is 124 cm³/mol. The molecule has 5 heteroatoms. The number of benzene rings is 1. The van der Waals surface area contributed by atoms with Gasteiger partial charge in [-0.25, -0.2) is 0 Å². The molecule has 0 unspecified atom stereocenters. The summed E-state index contributed by atoms with van der Waals surface area (Å²) < 4.78 is 0. The number of anilines is 1. The Morgan fingerprint density at radius 3 is 1.87 bits per heavy atom. The van der Waals surface area contributed by atoms with Gasteiger partial charge in [-0.15, -0.1) is 0 Å². The summed E-state index contributed by atoms with van der Waals surface area (Å²) in [7, 11) is 0. The van der Waals surface area contributed by atoms with Crippen LogP contribution in [0.3, 0.4) is 0 Å². The second kappa shape index (κ2) is 16.9. The lowest BCUT2D eigenvalue weighted by Crippen LogP contribution is -2.46. The van der Waals surface area contributed by atoms with Gasteiger partial charge in [0.1, 0.15) is 0 Å². The molecular weight excluding hydrogens is 376 g/mol. The van der Waals surface area contributed by atoms with E-state index in [1.165, 1.54) is 64.2 Å². The Kier molecular flexibility index (Phi) is 14.7. The lowest BCUT2D eigenvalue weighted by atomic mass is 10.0. The molecule has 0 aliphatic rings. The van der Waals surface area contributed by atoms with E-state index < -0.39 is 18.1 Å². The zero-order chi connectivity index (χ0) is 22.0. The number of hydrogen-bond acceptors (Lipinski definition) is 3. The molecule has 170 valence electrons. The van der Waals surface area contributed by atoms with Crippen LogP contribution < -0.4 is 10.6 Å². The Morgan fingerprint density at radius 2 is 1.33 bits per heavy atom. The van der Waals surface area contributed by atoms with Crippen LogP contribution in [0.2, 0.25) is 0 Å². The molecule has 0 aromatic heterocycles. The molecular formula is C25H42N2O3. The first kappa shape index (κ1) is 26.2. The van der Waals surface area contributed by atoms with Crippen molar-refractivity contribution in [1.82, 2.24) is 5.32 Å². The Morgan fingerprint density at radius 1 is 0.833 bits per heavy atom. The zero-order valence-corrected chi connectivity index (χ0v) is 19.0. The fourth-order valence-electron chi connectivity index (χ4n) is 3.50. The van der Waals surface area contributed by atoms with Crippen LogP contribution in [0, 0.1) is 0 Å². The number of para-hydroxylation sites is 1. The molecule has 0 aliphatic heterocycles. The first-order valence-corrected chi connectivity index (χ1v) is 11.9. The van der Waals surface area contributed by atoms with E-state index in [9.17, 15) is 14.7 Å². The van der Waals surface area contributed by atoms with Gasteiger partial charge in [-0.2, -0.15) is 0 Å². The van der Waals surface area contributed by atoms with Gasteiger partial charge < -0.3 is 15.7 Å². The van der Waals surface area contributed by atoms with Crippen molar-refractivity contribution in [1.29, 1.82) is 0 Å². The molecule has 0 fully saturated rings. The number of nitrogens with one attached hydrogen (secondary N) is 2. The Hall–Kier alpha value is -1.88. The summed E-state index contributed by atoms with van der Waals surface area (Å²) in [6, 6.07) is 8.34. The number of carbonyl (C=O) groups is 2. The molecule has 0 radical (unpaired) electrons. The van der Waals surface area contributed by atoms with Crippen molar-refractivity contribution in [2.75, 3.05) is 5.32 Å². The Balaban J connectivity index is 2.03. The van der Waals surface area contributed by atoms with Gasteiger partial charge in [0, 0.05) is 12.1 Å². The summed E-state index contributed by atoms with van der Waals surface area (Å²) in [6.45, 7) is 3.90. The number of aliphatic hydroxyl groups is 1. The molecule has 0 heterocycles. The smallest absolute Gasteiger partial charge is 0.255 e. The van der Waals surface area contributed by atoms with Crippen LogP contribution in [0.1, 0.15) is 97.3 Å². The standard InChI is InChI=1S/C25H42N2O3/c1-3-4-5-6-7-8-9-10-11-12-13-17-20-23(28)26-21(2)24(29)25(30)27-22-18-15-14-16-19-22/h14-16,18-19,21,24,29H,3-13,17,20H2,1-2H3,(H,26,28)(H,27,30)/t21-,24+/m0/s1. The van der Waals surface area contributed by atoms with E-state index in [1.807, 2.05) is 18.2 Å². The molecule has 0 bridgehead atoms. The van der Waals surface area contributed by atoms with Crippen LogP contribution in [-0.2, 0) is 9.59 Å². The number of carbonyl (C=O) groups excluding carboxylic acids is 2. The van der Waals surface area contributed by atoms with Crippen molar-refractivity contribution in [3.05, 3.63) is 30.3 Å². The molecule has 0 saturated carbocycles. The van der Waals surface area contributed by atoms with Crippen molar-refractivity contribution in [2.45, 2.75) is 109 Å². The summed E-state index contributed by atoms with van der Waals surface area (Å²) in [5.41, 5.74) is 0.622. The maximum absolute atomic E-state index is 12.1. The summed E-state index contributed by atoms with van der Waals surface area (Å²) in [4.78, 5) is 24.2. The highest BCUT2D eigenvalue weighted by Crippen LogP contribution is 2.12. The van der Waals surface area contributed by atoms with E-state index >= 15 is 0 Å². The summed E-state index contributed by atoms with van der Waals surface area (Å²) in [5, 5.41) is 15.5. The molecule has 30 heavy (non-hydrogen) atoms. The van der Waals surface area contributed by atoms with E-state index in [4.69, 9.17) is 0 Å². The largest absolute Gasteiger partial charge is 0.381 e. The third-order valence-corrected chi connectivity index (χ3v) is 5.43. The predicted octanol–water partition coefficient (Wildman–Crippen LogP) is 5.58. The topological polar surface area (TPSA) is 78.4 Å². The van der Waals surface area contributed by atoms with E-state index in [0.29, 0.717) is 12.1 Å². The third kappa shape index (κ3) is 12.6. The van der Waals surface area contributed by atoms with Crippen LogP contribution in [0.15, 0.2) is 30.3 Å². The third-order valence-electron chi connectivity index (χ3n) is 5.43. The number of amides is 2. The first-order valence-electron chi connectivity index (χ1n) is 11.9. The first-order chi connectivity index (χ1) is 14.5. The maximum Gasteiger partial charge on any atom is 0.255 e. The highest BCUT2D eigenvalue weighted by Gasteiger charge is 2.23. The van der Waals surface area contributed by atoms with Crippen LogP contribution in [0.5, 0.6) is 0 Å². The summed E-state index contributed by atoms with van der Waals surface area (Å²) in [5.74, 6) is -0.625. The van der Waals surface area contributed by atoms with Gasteiger partial charge in [0.15, 0.2) is 6.10 Å². The fraction of sp³-hybridized carbons (Fsp3) is 0.680. The summed E-state index contributed by atoms with van der Waals surface area (Å²) in [6.07, 6.45) is 14.2. The van der Waals surface area contributed by atoms with Gasteiger partial charge in [0.25, 0.3) is 5.91 Å².